The van der Waals surface area contributed by atoms with Crippen LogP contribution in [-0.4, -0.2) is 42.4 Å². The van der Waals surface area contributed by atoms with Gasteiger partial charge in [0.15, 0.2) is 0 Å². The lowest BCUT2D eigenvalue weighted by Gasteiger charge is -2.05. The van der Waals surface area contributed by atoms with Crippen LogP contribution >= 0.6 is 0 Å². The quantitative estimate of drug-likeness (QED) is 0.397. The number of rotatable bonds is 6. The fourth-order valence-corrected chi connectivity index (χ4v) is 3.61. The summed E-state index contributed by atoms with van der Waals surface area (Å²) < 4.78 is 9.79. The molecule has 1 aliphatic heterocycles. The molecule has 4 nitrogen and oxygen atoms in total. The molecule has 0 aromatic rings. The fourth-order valence-electron chi connectivity index (χ4n) is 1.48. The van der Waals surface area contributed by atoms with Crippen molar-refractivity contribution in [2.24, 2.45) is 0 Å². The molecule has 0 bridgehead atoms. The maximum atomic E-state index is 11.4. The van der Waals surface area contributed by atoms with Gasteiger partial charge in [0, 0.05) is 6.42 Å². The highest BCUT2D eigenvalue weighted by Gasteiger charge is 2.27. The molecule has 1 saturated heterocycles. The average Bonchev–Trinajstić information content (AvgIpc) is 2.76. The van der Waals surface area contributed by atoms with Gasteiger partial charge < -0.3 is 9.47 Å². The summed E-state index contributed by atoms with van der Waals surface area (Å²) in [6, 6.07) is 0. The standard InChI is InChI=1S/C11H19O4S/c1-2-10(12)14-5-6-15-11(13)9-16-7-3-4-8-16/h2-9H2,1H3/q+1. The monoisotopic (exact) mass is 247 g/mol. The molecule has 0 aliphatic carbocycles. The molecule has 0 amide bonds. The molecule has 92 valence electrons. The first-order valence-corrected chi connectivity index (χ1v) is 7.41. The van der Waals surface area contributed by atoms with Crippen LogP contribution in [0.4, 0.5) is 0 Å². The van der Waals surface area contributed by atoms with Crippen LogP contribution in [0, 0.1) is 0 Å². The van der Waals surface area contributed by atoms with Crippen molar-refractivity contribution < 1.29 is 19.1 Å². The van der Waals surface area contributed by atoms with E-state index in [0.717, 1.165) is 0 Å². The highest BCUT2D eigenvalue weighted by Crippen LogP contribution is 2.13. The van der Waals surface area contributed by atoms with Crippen LogP contribution < -0.4 is 0 Å². The van der Waals surface area contributed by atoms with Crippen LogP contribution in [-0.2, 0) is 30.0 Å². The van der Waals surface area contributed by atoms with Crippen molar-refractivity contribution in [1.29, 1.82) is 0 Å². The molecule has 0 N–H and O–H groups in total. The Morgan fingerprint density at radius 1 is 1.06 bits per heavy atom. The number of carbonyl (C=O) groups excluding carboxylic acids is 2. The van der Waals surface area contributed by atoms with Crippen LogP contribution in [0.3, 0.4) is 0 Å². The molecule has 16 heavy (non-hydrogen) atoms. The van der Waals surface area contributed by atoms with E-state index in [1.165, 1.54) is 24.3 Å². The molecule has 0 saturated carbocycles. The topological polar surface area (TPSA) is 52.6 Å². The van der Waals surface area contributed by atoms with E-state index in [2.05, 4.69) is 0 Å². The van der Waals surface area contributed by atoms with E-state index < -0.39 is 0 Å². The molecule has 0 aromatic carbocycles. The molecule has 0 spiro atoms. The van der Waals surface area contributed by atoms with Crippen molar-refractivity contribution in [1.82, 2.24) is 0 Å². The minimum absolute atomic E-state index is 0.155. The van der Waals surface area contributed by atoms with Gasteiger partial charge in [0.2, 0.25) is 5.75 Å². The summed E-state index contributed by atoms with van der Waals surface area (Å²) in [5.41, 5.74) is 0. The largest absolute Gasteiger partial charge is 0.462 e. The number of ether oxygens (including phenoxy) is 2. The molecular weight excluding hydrogens is 228 g/mol. The first kappa shape index (κ1) is 13.4. The van der Waals surface area contributed by atoms with Crippen LogP contribution in [0.15, 0.2) is 0 Å². The van der Waals surface area contributed by atoms with Gasteiger partial charge in [-0.1, -0.05) is 6.92 Å². The molecule has 1 heterocycles. The van der Waals surface area contributed by atoms with Crippen LogP contribution in [0.2, 0.25) is 0 Å². The Labute approximate surface area is 99.0 Å². The summed E-state index contributed by atoms with van der Waals surface area (Å²) in [5.74, 6) is 2.47. The second kappa shape index (κ2) is 7.54. The molecule has 0 unspecified atom stereocenters. The lowest BCUT2D eigenvalue weighted by Crippen LogP contribution is -2.22. The summed E-state index contributed by atoms with van der Waals surface area (Å²) in [5, 5.41) is 0. The van der Waals surface area contributed by atoms with E-state index in [1.54, 1.807) is 6.92 Å². The van der Waals surface area contributed by atoms with E-state index in [1.807, 2.05) is 0 Å². The van der Waals surface area contributed by atoms with Crippen LogP contribution in [0.5, 0.6) is 0 Å². The lowest BCUT2D eigenvalue weighted by atomic mass is 10.4. The number of hydrogen-bond acceptors (Lipinski definition) is 4. The molecule has 5 heteroatoms. The summed E-state index contributed by atoms with van der Waals surface area (Å²) in [6.45, 7) is 2.09. The zero-order chi connectivity index (χ0) is 11.8. The van der Waals surface area contributed by atoms with Crippen molar-refractivity contribution in [3.8, 4) is 0 Å². The van der Waals surface area contributed by atoms with Crippen molar-refractivity contribution >= 4 is 22.8 Å². The predicted molar refractivity (Wildman–Crippen MR) is 63.4 cm³/mol. The fraction of sp³-hybridized carbons (Fsp3) is 0.818. The maximum Gasteiger partial charge on any atom is 0.356 e. The highest BCUT2D eigenvalue weighted by atomic mass is 32.2. The summed E-state index contributed by atoms with van der Waals surface area (Å²) in [4.78, 5) is 22.1. The van der Waals surface area contributed by atoms with E-state index in [0.29, 0.717) is 12.2 Å². The van der Waals surface area contributed by atoms with Gasteiger partial charge >= 0.3 is 11.9 Å². The minimum Gasteiger partial charge on any atom is -0.462 e. The van der Waals surface area contributed by atoms with Crippen molar-refractivity contribution in [3.63, 3.8) is 0 Å². The van der Waals surface area contributed by atoms with E-state index in [-0.39, 0.29) is 36.0 Å². The summed E-state index contributed by atoms with van der Waals surface area (Å²) in [6.07, 6.45) is 2.84. The van der Waals surface area contributed by atoms with E-state index >= 15 is 0 Å². The molecule has 0 aromatic heterocycles. The van der Waals surface area contributed by atoms with Gasteiger partial charge in [-0.25, -0.2) is 4.79 Å². The van der Waals surface area contributed by atoms with Gasteiger partial charge in [-0.05, 0) is 23.7 Å². The summed E-state index contributed by atoms with van der Waals surface area (Å²) >= 11 is 0. The Hall–Kier alpha value is -0.710. The second-order valence-corrected chi connectivity index (χ2v) is 6.00. The predicted octanol–water partition coefficient (Wildman–Crippen LogP) is 0.895. The van der Waals surface area contributed by atoms with E-state index in [4.69, 9.17) is 9.47 Å². The Morgan fingerprint density at radius 2 is 1.62 bits per heavy atom. The van der Waals surface area contributed by atoms with Crippen molar-refractivity contribution in [2.45, 2.75) is 26.2 Å². The Morgan fingerprint density at radius 3 is 2.19 bits per heavy atom. The van der Waals surface area contributed by atoms with Gasteiger partial charge in [0.25, 0.3) is 0 Å². The van der Waals surface area contributed by atoms with Gasteiger partial charge in [-0.15, -0.1) is 0 Å². The van der Waals surface area contributed by atoms with Gasteiger partial charge in [0.1, 0.15) is 24.7 Å². The zero-order valence-corrected chi connectivity index (χ0v) is 10.5. The number of hydrogen-bond donors (Lipinski definition) is 0. The molecule has 1 fully saturated rings. The maximum absolute atomic E-state index is 11.4. The molecule has 1 aliphatic rings. The summed E-state index contributed by atoms with van der Waals surface area (Å²) in [7, 11) is 0.245. The minimum atomic E-state index is -0.256. The smallest absolute Gasteiger partial charge is 0.356 e. The molecule has 0 radical (unpaired) electrons. The first-order chi connectivity index (χ1) is 7.72. The SMILES string of the molecule is CCC(=O)OCCOC(=O)C[S+]1CCCC1. The number of carbonyl (C=O) groups is 2. The van der Waals surface area contributed by atoms with Crippen LogP contribution in [0.25, 0.3) is 0 Å². The molecule has 1 rings (SSSR count). The third-order valence-corrected chi connectivity index (χ3v) is 4.71. The van der Waals surface area contributed by atoms with Crippen molar-refractivity contribution in [2.75, 3.05) is 30.5 Å². The van der Waals surface area contributed by atoms with Gasteiger partial charge in [-0.2, -0.15) is 0 Å². The van der Waals surface area contributed by atoms with Crippen molar-refractivity contribution in [3.05, 3.63) is 0 Å². The van der Waals surface area contributed by atoms with Gasteiger partial charge in [0.05, 0.1) is 0 Å². The Balaban J connectivity index is 1.99. The van der Waals surface area contributed by atoms with Crippen LogP contribution in [0.1, 0.15) is 26.2 Å². The normalized spacial score (nSPS) is 16.1. The average molecular weight is 247 g/mol. The molecular formula is C11H19O4S+. The Kier molecular flexibility index (Phi) is 6.30. The van der Waals surface area contributed by atoms with E-state index in [9.17, 15) is 9.59 Å². The lowest BCUT2D eigenvalue weighted by molar-refractivity contribution is -0.150. The molecule has 0 atom stereocenters. The third-order valence-electron chi connectivity index (χ3n) is 2.34. The first-order valence-electron chi connectivity index (χ1n) is 5.67. The third kappa shape index (κ3) is 5.39. The highest BCUT2D eigenvalue weighted by molar-refractivity contribution is 7.97. The Bertz CT molecular complexity index is 236. The van der Waals surface area contributed by atoms with Gasteiger partial charge in [-0.3, -0.25) is 4.79 Å². The zero-order valence-electron chi connectivity index (χ0n) is 9.70. The number of esters is 2. The second-order valence-electron chi connectivity index (χ2n) is 3.67.